The number of thiazole rings is 1. The van der Waals surface area contributed by atoms with E-state index in [2.05, 4.69) is 22.5 Å². The zero-order valence-corrected chi connectivity index (χ0v) is 10.8. The number of nitrogens with one attached hydrogen (secondary N) is 2. The van der Waals surface area contributed by atoms with Crippen LogP contribution in [0.2, 0.25) is 0 Å². The van der Waals surface area contributed by atoms with Crippen molar-refractivity contribution in [1.82, 2.24) is 15.6 Å². The number of hydrogen-bond donors (Lipinski definition) is 2. The van der Waals surface area contributed by atoms with Gasteiger partial charge in [0.25, 0.3) is 0 Å². The van der Waals surface area contributed by atoms with E-state index in [1.165, 1.54) is 42.2 Å². The Morgan fingerprint density at radius 2 is 2.31 bits per heavy atom. The van der Waals surface area contributed by atoms with E-state index in [0.717, 1.165) is 19.0 Å². The minimum Gasteiger partial charge on any atom is -0.317 e. The van der Waals surface area contributed by atoms with Crippen molar-refractivity contribution in [2.45, 2.75) is 32.7 Å². The molecule has 4 heteroatoms. The van der Waals surface area contributed by atoms with Crippen molar-refractivity contribution in [3.8, 4) is 0 Å². The Balaban J connectivity index is 1.57. The molecule has 0 atom stereocenters. The molecule has 2 heterocycles. The first-order valence-corrected chi connectivity index (χ1v) is 6.99. The van der Waals surface area contributed by atoms with Crippen LogP contribution in [0.3, 0.4) is 0 Å². The fourth-order valence-electron chi connectivity index (χ4n) is 2.16. The van der Waals surface area contributed by atoms with Gasteiger partial charge in [0.1, 0.15) is 5.01 Å². The van der Waals surface area contributed by atoms with E-state index in [1.807, 2.05) is 6.20 Å². The minimum absolute atomic E-state index is 0.923. The first-order valence-electron chi connectivity index (χ1n) is 6.17. The van der Waals surface area contributed by atoms with Crippen molar-refractivity contribution < 1.29 is 0 Å². The maximum Gasteiger partial charge on any atom is 0.107 e. The van der Waals surface area contributed by atoms with Crippen molar-refractivity contribution in [1.29, 1.82) is 0 Å². The molecule has 0 bridgehead atoms. The zero-order valence-electron chi connectivity index (χ0n) is 9.96. The van der Waals surface area contributed by atoms with Crippen molar-refractivity contribution in [2.75, 3.05) is 19.6 Å². The lowest BCUT2D eigenvalue weighted by molar-refractivity contribution is 0.348. The van der Waals surface area contributed by atoms with E-state index in [-0.39, 0.29) is 0 Å². The predicted octanol–water partition coefficient (Wildman–Crippen LogP) is 1.93. The van der Waals surface area contributed by atoms with Gasteiger partial charge in [0.2, 0.25) is 0 Å². The molecule has 1 aromatic heterocycles. The van der Waals surface area contributed by atoms with Crippen LogP contribution in [0.4, 0.5) is 0 Å². The normalized spacial score (nSPS) is 17.8. The molecule has 0 aliphatic carbocycles. The highest BCUT2D eigenvalue weighted by Crippen LogP contribution is 2.15. The van der Waals surface area contributed by atoms with Crippen LogP contribution in [0.25, 0.3) is 0 Å². The number of aromatic nitrogens is 1. The van der Waals surface area contributed by atoms with Gasteiger partial charge >= 0.3 is 0 Å². The predicted molar refractivity (Wildman–Crippen MR) is 68.8 cm³/mol. The summed E-state index contributed by atoms with van der Waals surface area (Å²) in [5, 5.41) is 8.11. The van der Waals surface area contributed by atoms with E-state index >= 15 is 0 Å². The maximum absolute atomic E-state index is 4.35. The van der Waals surface area contributed by atoms with E-state index < -0.39 is 0 Å². The SMILES string of the molecule is Cc1cnc(CNCCC2CCNCC2)s1. The highest BCUT2D eigenvalue weighted by Gasteiger charge is 2.11. The average molecular weight is 239 g/mol. The zero-order chi connectivity index (χ0) is 11.2. The van der Waals surface area contributed by atoms with Crippen LogP contribution in [-0.4, -0.2) is 24.6 Å². The average Bonchev–Trinajstić information content (AvgIpc) is 2.72. The lowest BCUT2D eigenvalue weighted by Gasteiger charge is -2.22. The maximum atomic E-state index is 4.35. The Hall–Kier alpha value is -0.450. The molecule has 0 spiro atoms. The quantitative estimate of drug-likeness (QED) is 0.771. The standard InChI is InChI=1S/C12H21N3S/c1-10-8-15-12(16-10)9-14-7-4-11-2-5-13-6-3-11/h8,11,13-14H,2-7,9H2,1H3. The Bertz CT molecular complexity index is 305. The molecular formula is C12H21N3S. The van der Waals surface area contributed by atoms with Gasteiger partial charge in [-0.25, -0.2) is 4.98 Å². The van der Waals surface area contributed by atoms with E-state index in [9.17, 15) is 0 Å². The summed E-state index contributed by atoms with van der Waals surface area (Å²) in [5.41, 5.74) is 0. The molecule has 1 saturated heterocycles. The number of piperidine rings is 1. The van der Waals surface area contributed by atoms with Crippen molar-refractivity contribution >= 4 is 11.3 Å². The fraction of sp³-hybridized carbons (Fsp3) is 0.750. The van der Waals surface area contributed by atoms with Crippen LogP contribution < -0.4 is 10.6 Å². The Labute approximate surface area is 102 Å². The third-order valence-electron chi connectivity index (χ3n) is 3.13. The Morgan fingerprint density at radius 1 is 1.50 bits per heavy atom. The molecule has 0 unspecified atom stereocenters. The second kappa shape index (κ2) is 6.33. The second-order valence-electron chi connectivity index (χ2n) is 4.52. The summed E-state index contributed by atoms with van der Waals surface area (Å²) in [6, 6.07) is 0. The van der Waals surface area contributed by atoms with Crippen LogP contribution in [0.5, 0.6) is 0 Å². The Kier molecular flexibility index (Phi) is 4.75. The van der Waals surface area contributed by atoms with Gasteiger partial charge in [0.05, 0.1) is 0 Å². The molecule has 90 valence electrons. The summed E-state index contributed by atoms with van der Waals surface area (Å²) in [6.07, 6.45) is 5.95. The van der Waals surface area contributed by atoms with Gasteiger partial charge in [-0.1, -0.05) is 0 Å². The minimum atomic E-state index is 0.923. The number of hydrogen-bond acceptors (Lipinski definition) is 4. The molecule has 1 fully saturated rings. The second-order valence-corrected chi connectivity index (χ2v) is 5.84. The van der Waals surface area contributed by atoms with Crippen LogP contribution in [0, 0.1) is 12.8 Å². The molecule has 2 rings (SSSR count). The topological polar surface area (TPSA) is 37.0 Å². The lowest BCUT2D eigenvalue weighted by Crippen LogP contribution is -2.29. The molecule has 0 aromatic carbocycles. The van der Waals surface area contributed by atoms with Crippen LogP contribution in [-0.2, 0) is 6.54 Å². The molecule has 0 amide bonds. The summed E-state index contributed by atoms with van der Waals surface area (Å²) < 4.78 is 0. The van der Waals surface area contributed by atoms with Gasteiger partial charge in [-0.05, 0) is 51.7 Å². The molecule has 1 aliphatic heterocycles. The number of aryl methyl sites for hydroxylation is 1. The largest absolute Gasteiger partial charge is 0.317 e. The van der Waals surface area contributed by atoms with Gasteiger partial charge in [0, 0.05) is 17.6 Å². The van der Waals surface area contributed by atoms with Crippen LogP contribution in [0.15, 0.2) is 6.20 Å². The fourth-order valence-corrected chi connectivity index (χ4v) is 2.91. The number of rotatable bonds is 5. The molecular weight excluding hydrogens is 218 g/mol. The van der Waals surface area contributed by atoms with Gasteiger partial charge in [-0.3, -0.25) is 0 Å². The van der Waals surface area contributed by atoms with Gasteiger partial charge in [0.15, 0.2) is 0 Å². The molecule has 0 radical (unpaired) electrons. The summed E-state index contributed by atoms with van der Waals surface area (Å²) in [4.78, 5) is 5.65. The first kappa shape index (κ1) is 12.0. The summed E-state index contributed by atoms with van der Waals surface area (Å²) >= 11 is 1.79. The molecule has 1 aromatic rings. The van der Waals surface area contributed by atoms with E-state index in [1.54, 1.807) is 11.3 Å². The van der Waals surface area contributed by atoms with E-state index in [0.29, 0.717) is 0 Å². The van der Waals surface area contributed by atoms with Crippen molar-refractivity contribution in [3.05, 3.63) is 16.1 Å². The molecule has 3 nitrogen and oxygen atoms in total. The first-order chi connectivity index (χ1) is 7.84. The summed E-state index contributed by atoms with van der Waals surface area (Å²) in [5.74, 6) is 0.923. The highest BCUT2D eigenvalue weighted by atomic mass is 32.1. The molecule has 0 saturated carbocycles. The highest BCUT2D eigenvalue weighted by molar-refractivity contribution is 7.11. The van der Waals surface area contributed by atoms with Gasteiger partial charge < -0.3 is 10.6 Å². The van der Waals surface area contributed by atoms with Crippen LogP contribution in [0.1, 0.15) is 29.1 Å². The van der Waals surface area contributed by atoms with Gasteiger partial charge in [-0.15, -0.1) is 11.3 Å². The van der Waals surface area contributed by atoms with Gasteiger partial charge in [-0.2, -0.15) is 0 Å². The molecule has 1 aliphatic rings. The number of nitrogens with zero attached hydrogens (tertiary/aromatic N) is 1. The van der Waals surface area contributed by atoms with Crippen molar-refractivity contribution in [3.63, 3.8) is 0 Å². The smallest absolute Gasteiger partial charge is 0.107 e. The molecule has 16 heavy (non-hydrogen) atoms. The summed E-state index contributed by atoms with van der Waals surface area (Å²) in [6.45, 7) is 6.58. The molecule has 2 N–H and O–H groups in total. The Morgan fingerprint density at radius 3 is 3.00 bits per heavy atom. The summed E-state index contributed by atoms with van der Waals surface area (Å²) in [7, 11) is 0. The third kappa shape index (κ3) is 3.85. The van der Waals surface area contributed by atoms with E-state index in [4.69, 9.17) is 0 Å². The van der Waals surface area contributed by atoms with Crippen LogP contribution >= 0.6 is 11.3 Å². The third-order valence-corrected chi connectivity index (χ3v) is 4.05. The van der Waals surface area contributed by atoms with Crippen molar-refractivity contribution in [2.24, 2.45) is 5.92 Å². The monoisotopic (exact) mass is 239 g/mol. The lowest BCUT2D eigenvalue weighted by atomic mass is 9.95.